The van der Waals surface area contributed by atoms with Crippen LogP contribution in [0.15, 0.2) is 77.7 Å². The van der Waals surface area contributed by atoms with Crippen molar-refractivity contribution in [1.29, 1.82) is 0 Å². The minimum atomic E-state index is -1.35. The first kappa shape index (κ1) is 31.6. The molecule has 2 N–H and O–H groups in total. The summed E-state index contributed by atoms with van der Waals surface area (Å²) in [7, 11) is -1.35. The van der Waals surface area contributed by atoms with E-state index >= 15 is 0 Å². The average Bonchev–Trinajstić information content (AvgIpc) is 3.81. The molecule has 4 aliphatic rings. The highest BCUT2D eigenvalue weighted by Gasteiger charge is 2.42. The number of hydrogen-bond donors (Lipinski definition) is 2. The molecule has 4 aromatic rings. The lowest BCUT2D eigenvalue weighted by atomic mass is 9.98. The number of piperazine rings is 1. The van der Waals surface area contributed by atoms with E-state index in [0.717, 1.165) is 41.0 Å². The van der Waals surface area contributed by atoms with E-state index in [0.29, 0.717) is 52.6 Å². The summed E-state index contributed by atoms with van der Waals surface area (Å²) < 4.78 is 19.0. The molecular weight excluding hydrogens is 664 g/mol. The van der Waals surface area contributed by atoms with E-state index in [-0.39, 0.29) is 25.5 Å². The molecule has 252 valence electrons. The van der Waals surface area contributed by atoms with Gasteiger partial charge in [-0.3, -0.25) is 4.21 Å². The van der Waals surface area contributed by atoms with Crippen LogP contribution >= 0.6 is 11.6 Å². The third-order valence-electron chi connectivity index (χ3n) is 9.94. The topological polar surface area (TPSA) is 128 Å². The number of aliphatic carboxylic acids is 1. The summed E-state index contributed by atoms with van der Waals surface area (Å²) in [6.07, 6.45) is 0.0796. The predicted molar refractivity (Wildman–Crippen MR) is 188 cm³/mol. The molecule has 0 radical (unpaired) electrons. The van der Waals surface area contributed by atoms with E-state index in [1.807, 2.05) is 48.5 Å². The van der Waals surface area contributed by atoms with Gasteiger partial charge in [-0.05, 0) is 46.5 Å². The molecule has 13 heteroatoms. The van der Waals surface area contributed by atoms with Crippen LogP contribution in [0, 0.1) is 0 Å². The number of carboxylic acid groups (broad SMARTS) is 1. The monoisotopic (exact) mass is 698 g/mol. The van der Waals surface area contributed by atoms with Gasteiger partial charge in [0.1, 0.15) is 17.5 Å². The number of nitrogens with one attached hydrogen (secondary N) is 1. The Hall–Kier alpha value is -4.68. The highest BCUT2D eigenvalue weighted by molar-refractivity contribution is 7.85. The van der Waals surface area contributed by atoms with Crippen molar-refractivity contribution in [3.8, 4) is 11.1 Å². The van der Waals surface area contributed by atoms with Crippen LogP contribution in [-0.2, 0) is 26.8 Å². The summed E-state index contributed by atoms with van der Waals surface area (Å²) in [6, 6.07) is 22.6. The van der Waals surface area contributed by atoms with Crippen LogP contribution in [0.3, 0.4) is 0 Å². The van der Waals surface area contributed by atoms with Crippen LogP contribution in [0.2, 0.25) is 5.02 Å². The summed E-state index contributed by atoms with van der Waals surface area (Å²) in [5.74, 6) is 0.166. The second-order valence-corrected chi connectivity index (χ2v) is 14.7. The van der Waals surface area contributed by atoms with Crippen molar-refractivity contribution in [3.05, 3.63) is 94.6 Å². The number of halogens is 1. The first-order chi connectivity index (χ1) is 23.8. The molecule has 0 saturated carbocycles. The largest absolute Gasteiger partial charge is 0.480 e. The smallest absolute Gasteiger partial charge is 0.407 e. The molecule has 3 aliphatic heterocycles. The number of amides is 1. The number of hydrogen-bond acceptors (Lipinski definition) is 9. The predicted octanol–water partition coefficient (Wildman–Crippen LogP) is 4.69. The van der Waals surface area contributed by atoms with Gasteiger partial charge >= 0.3 is 12.1 Å². The van der Waals surface area contributed by atoms with E-state index in [4.69, 9.17) is 26.3 Å². The van der Waals surface area contributed by atoms with Crippen molar-refractivity contribution in [1.82, 2.24) is 15.3 Å². The van der Waals surface area contributed by atoms with Gasteiger partial charge in [-0.25, -0.2) is 14.6 Å². The highest BCUT2D eigenvalue weighted by atomic mass is 35.5. The summed E-state index contributed by atoms with van der Waals surface area (Å²) in [5.41, 5.74) is 6.28. The van der Waals surface area contributed by atoms with Crippen molar-refractivity contribution in [2.75, 3.05) is 59.8 Å². The number of benzene rings is 3. The quantitative estimate of drug-likeness (QED) is 0.281. The molecule has 49 heavy (non-hydrogen) atoms. The molecule has 1 aromatic heterocycles. The Morgan fingerprint density at radius 3 is 2.24 bits per heavy atom. The van der Waals surface area contributed by atoms with Crippen LogP contribution in [0.25, 0.3) is 11.1 Å². The normalized spacial score (nSPS) is 21.3. The Labute approximate surface area is 291 Å². The molecule has 1 unspecified atom stereocenters. The number of rotatable bonds is 7. The van der Waals surface area contributed by atoms with Crippen molar-refractivity contribution in [2.45, 2.75) is 35.7 Å². The molecule has 1 aliphatic carbocycles. The van der Waals surface area contributed by atoms with Gasteiger partial charge in [0.15, 0.2) is 5.82 Å². The van der Waals surface area contributed by atoms with Crippen LogP contribution in [0.4, 0.5) is 22.2 Å². The van der Waals surface area contributed by atoms with Gasteiger partial charge in [0.2, 0.25) is 5.95 Å². The molecule has 1 amide bonds. The molecule has 8 rings (SSSR count). The van der Waals surface area contributed by atoms with Gasteiger partial charge in [-0.2, -0.15) is 4.98 Å². The molecule has 11 nitrogen and oxygen atoms in total. The van der Waals surface area contributed by atoms with Crippen LogP contribution in [-0.4, -0.2) is 88.5 Å². The fraction of sp³-hybridized carbons (Fsp3) is 0.333. The Kier molecular flexibility index (Phi) is 8.36. The molecular formula is C36H35ClN6O5S. The second-order valence-electron chi connectivity index (χ2n) is 12.8. The Bertz CT molecular complexity index is 1910. The zero-order chi connectivity index (χ0) is 33.6. The minimum Gasteiger partial charge on any atom is -0.480 e. The summed E-state index contributed by atoms with van der Waals surface area (Å²) >= 11 is 6.08. The first-order valence-corrected chi connectivity index (χ1v) is 18.2. The number of aryl methyl sites for hydroxylation is 1. The number of fused-ring (bicyclic) bond motifs is 4. The maximum atomic E-state index is 13.2. The van der Waals surface area contributed by atoms with Gasteiger partial charge in [0, 0.05) is 67.9 Å². The Balaban J connectivity index is 0.979. The van der Waals surface area contributed by atoms with Crippen molar-refractivity contribution >= 4 is 51.9 Å². The molecule has 0 spiro atoms. The molecule has 2 saturated heterocycles. The third kappa shape index (κ3) is 5.97. The highest BCUT2D eigenvalue weighted by Crippen LogP contribution is 2.44. The number of carbonyl (C=O) groups excluding carboxylic acids is 1. The average molecular weight is 699 g/mol. The zero-order valence-corrected chi connectivity index (χ0v) is 28.2. The first-order valence-electron chi connectivity index (χ1n) is 16.5. The van der Waals surface area contributed by atoms with E-state index in [9.17, 15) is 18.9 Å². The van der Waals surface area contributed by atoms with E-state index in [1.54, 1.807) is 4.90 Å². The lowest BCUT2D eigenvalue weighted by Gasteiger charge is -2.36. The maximum Gasteiger partial charge on any atom is 0.407 e. The zero-order valence-electron chi connectivity index (χ0n) is 26.6. The minimum absolute atomic E-state index is 0.0879. The standard InChI is InChI=1S/C36H35ClN6O5S/c37-22-9-11-24(12-10-22)41-14-16-42(17-15-41)35-39-30-13-18-49(47)32(30)33(40-35)43-20-23(19-31(43)34(44)45)38-36(46)48-21-29-27-7-3-1-5-25(27)26-6-2-4-8-28(26)29/h1-12,23,29,31H,13-21H2,(H,38,46)(H,44,45)/t23-,31+,49?/m1/s1. The Morgan fingerprint density at radius 1 is 0.918 bits per heavy atom. The van der Waals surface area contributed by atoms with Crippen molar-refractivity contribution in [2.24, 2.45) is 0 Å². The van der Waals surface area contributed by atoms with Gasteiger partial charge in [0.25, 0.3) is 0 Å². The SMILES string of the molecule is O=C(N[C@@H]1C[C@@H](C(=O)O)N(c2nc(N3CCN(c4ccc(Cl)cc4)CC3)nc3c2S(=O)CC3)C1)OCC1c2ccccc2-c2ccccc21. The number of anilines is 3. The van der Waals surface area contributed by atoms with Gasteiger partial charge in [-0.1, -0.05) is 60.1 Å². The fourth-order valence-electron chi connectivity index (χ4n) is 7.53. The van der Waals surface area contributed by atoms with Crippen LogP contribution in [0.1, 0.15) is 29.2 Å². The van der Waals surface area contributed by atoms with Gasteiger partial charge < -0.3 is 29.9 Å². The Morgan fingerprint density at radius 2 is 1.57 bits per heavy atom. The number of nitrogens with zero attached hydrogens (tertiary/aromatic N) is 5. The number of ether oxygens (including phenoxy) is 1. The van der Waals surface area contributed by atoms with E-state index in [1.165, 1.54) is 0 Å². The van der Waals surface area contributed by atoms with Crippen LogP contribution in [0.5, 0.6) is 0 Å². The number of aromatic nitrogens is 2. The fourth-order valence-corrected chi connectivity index (χ4v) is 9.02. The van der Waals surface area contributed by atoms with Crippen molar-refractivity contribution in [3.63, 3.8) is 0 Å². The van der Waals surface area contributed by atoms with Gasteiger partial charge in [-0.15, -0.1) is 0 Å². The lowest BCUT2D eigenvalue weighted by molar-refractivity contribution is -0.138. The maximum absolute atomic E-state index is 13.2. The summed E-state index contributed by atoms with van der Waals surface area (Å²) in [6.45, 7) is 3.17. The number of alkyl carbamates (subject to hydrolysis) is 1. The number of carbonyl (C=O) groups is 2. The molecule has 0 bridgehead atoms. The molecule has 2 fully saturated rings. The molecule has 3 aromatic carbocycles. The van der Waals surface area contributed by atoms with E-state index in [2.05, 4.69) is 39.4 Å². The summed E-state index contributed by atoms with van der Waals surface area (Å²) in [5, 5.41) is 13.9. The summed E-state index contributed by atoms with van der Waals surface area (Å²) in [4.78, 5) is 42.0. The van der Waals surface area contributed by atoms with E-state index < -0.39 is 34.9 Å². The van der Waals surface area contributed by atoms with Crippen molar-refractivity contribution < 1.29 is 23.6 Å². The third-order valence-corrected chi connectivity index (χ3v) is 11.6. The van der Waals surface area contributed by atoms with Gasteiger partial charge in [0.05, 0.1) is 22.5 Å². The molecule has 4 heterocycles. The number of carboxylic acids is 1. The second kappa shape index (κ2) is 13.0. The lowest BCUT2D eigenvalue weighted by Crippen LogP contribution is -2.47. The molecule has 3 atom stereocenters. The van der Waals surface area contributed by atoms with Crippen LogP contribution < -0.4 is 20.0 Å².